The largest absolute Gasteiger partial charge is 0.366 e. The van der Waals surface area contributed by atoms with Gasteiger partial charge >= 0.3 is 0 Å². The van der Waals surface area contributed by atoms with Gasteiger partial charge in [-0.3, -0.25) is 0 Å². The van der Waals surface area contributed by atoms with Gasteiger partial charge in [0.05, 0.1) is 0 Å². The van der Waals surface area contributed by atoms with E-state index in [9.17, 15) is 8.78 Å². The van der Waals surface area contributed by atoms with Crippen LogP contribution in [0, 0.1) is 0 Å². The number of hydrogen-bond acceptors (Lipinski definition) is 1. The summed E-state index contributed by atoms with van der Waals surface area (Å²) in [5.41, 5.74) is 0.796. The molecule has 0 unspecified atom stereocenters. The van der Waals surface area contributed by atoms with E-state index in [0.29, 0.717) is 5.02 Å². The molecule has 0 aliphatic carbocycles. The first-order valence-electron chi connectivity index (χ1n) is 4.40. The van der Waals surface area contributed by atoms with Crippen molar-refractivity contribution in [1.82, 2.24) is 0 Å². The van der Waals surface area contributed by atoms with Crippen LogP contribution in [-0.2, 0) is 0 Å². The van der Waals surface area contributed by atoms with Gasteiger partial charge in [0.1, 0.15) is 13.3 Å². The Morgan fingerprint density at radius 2 is 1.50 bits per heavy atom. The molecule has 0 heterocycles. The molecule has 0 aliphatic heterocycles. The minimum Gasteiger partial charge on any atom is -0.366 e. The standard InChI is InChI=1S/C10H12ClF2N/c11-9-1-3-10(4-2-9)14(7-5-12)8-6-13/h1-4H,5-8H2. The highest BCUT2D eigenvalue weighted by Gasteiger charge is 2.05. The SMILES string of the molecule is FCCN(CCF)c1ccc(Cl)cc1. The number of benzene rings is 1. The summed E-state index contributed by atoms with van der Waals surface area (Å²) in [5.74, 6) is 0. The Bertz CT molecular complexity index is 257. The molecule has 1 nitrogen and oxygen atoms in total. The van der Waals surface area contributed by atoms with E-state index in [2.05, 4.69) is 0 Å². The van der Waals surface area contributed by atoms with Crippen LogP contribution in [0.2, 0.25) is 5.02 Å². The molecule has 0 aromatic heterocycles. The summed E-state index contributed by atoms with van der Waals surface area (Å²) in [6.07, 6.45) is 0. The van der Waals surface area contributed by atoms with Gasteiger partial charge in [-0.1, -0.05) is 11.6 Å². The van der Waals surface area contributed by atoms with Gasteiger partial charge in [0.25, 0.3) is 0 Å². The highest BCUT2D eigenvalue weighted by Crippen LogP contribution is 2.17. The Morgan fingerprint density at radius 3 is 1.93 bits per heavy atom. The average Bonchev–Trinajstić information content (AvgIpc) is 2.19. The lowest BCUT2D eigenvalue weighted by molar-refractivity contribution is 0.458. The zero-order valence-corrected chi connectivity index (χ0v) is 8.47. The van der Waals surface area contributed by atoms with Crippen LogP contribution >= 0.6 is 11.6 Å². The summed E-state index contributed by atoms with van der Waals surface area (Å²) < 4.78 is 24.3. The third kappa shape index (κ3) is 3.14. The molecule has 14 heavy (non-hydrogen) atoms. The summed E-state index contributed by atoms with van der Waals surface area (Å²) in [6.45, 7) is -0.539. The van der Waals surface area contributed by atoms with Crippen molar-refractivity contribution >= 4 is 17.3 Å². The van der Waals surface area contributed by atoms with Gasteiger partial charge < -0.3 is 4.90 Å². The lowest BCUT2D eigenvalue weighted by Crippen LogP contribution is -2.27. The first-order valence-corrected chi connectivity index (χ1v) is 4.78. The third-order valence-corrected chi connectivity index (χ3v) is 2.15. The monoisotopic (exact) mass is 219 g/mol. The second-order valence-electron chi connectivity index (χ2n) is 2.84. The van der Waals surface area contributed by atoms with Gasteiger partial charge in [0.2, 0.25) is 0 Å². The highest BCUT2D eigenvalue weighted by atomic mass is 35.5. The maximum absolute atomic E-state index is 12.1. The molecule has 0 radical (unpaired) electrons. The van der Waals surface area contributed by atoms with Crippen molar-refractivity contribution in [2.24, 2.45) is 0 Å². The van der Waals surface area contributed by atoms with E-state index in [1.54, 1.807) is 29.2 Å². The molecule has 0 saturated heterocycles. The molecule has 78 valence electrons. The van der Waals surface area contributed by atoms with E-state index < -0.39 is 13.3 Å². The van der Waals surface area contributed by atoms with Crippen molar-refractivity contribution < 1.29 is 8.78 Å². The molecule has 0 saturated carbocycles. The summed E-state index contributed by atoms with van der Waals surface area (Å²) in [4.78, 5) is 1.65. The summed E-state index contributed by atoms with van der Waals surface area (Å²) >= 11 is 5.70. The fourth-order valence-electron chi connectivity index (χ4n) is 1.23. The number of halogens is 3. The van der Waals surface area contributed by atoms with Crippen molar-refractivity contribution in [2.75, 3.05) is 31.3 Å². The molecule has 4 heteroatoms. The van der Waals surface area contributed by atoms with Crippen LogP contribution < -0.4 is 4.90 Å². The number of hydrogen-bond donors (Lipinski definition) is 0. The molecule has 0 bridgehead atoms. The van der Waals surface area contributed by atoms with Crippen LogP contribution in [-0.4, -0.2) is 26.4 Å². The molecule has 0 N–H and O–H groups in total. The van der Waals surface area contributed by atoms with Crippen LogP contribution in [0.5, 0.6) is 0 Å². The van der Waals surface area contributed by atoms with Crippen molar-refractivity contribution in [2.45, 2.75) is 0 Å². The molecule has 1 aromatic carbocycles. The lowest BCUT2D eigenvalue weighted by Gasteiger charge is -2.21. The Morgan fingerprint density at radius 1 is 1.00 bits per heavy atom. The van der Waals surface area contributed by atoms with Crippen molar-refractivity contribution in [1.29, 1.82) is 0 Å². The zero-order chi connectivity index (χ0) is 10.4. The van der Waals surface area contributed by atoms with Gasteiger partial charge in [-0.25, -0.2) is 8.78 Å². The Labute approximate surface area is 87.3 Å². The van der Waals surface area contributed by atoms with E-state index in [-0.39, 0.29) is 13.1 Å². The number of nitrogens with zero attached hydrogens (tertiary/aromatic N) is 1. The van der Waals surface area contributed by atoms with E-state index in [4.69, 9.17) is 11.6 Å². The normalized spacial score (nSPS) is 10.2. The minimum absolute atomic E-state index is 0.214. The van der Waals surface area contributed by atoms with Crippen molar-refractivity contribution in [3.63, 3.8) is 0 Å². The summed E-state index contributed by atoms with van der Waals surface area (Å²) in [5, 5.41) is 0.620. The van der Waals surface area contributed by atoms with E-state index in [1.807, 2.05) is 0 Å². The minimum atomic E-state index is -0.484. The summed E-state index contributed by atoms with van der Waals surface area (Å²) in [7, 11) is 0. The van der Waals surface area contributed by atoms with Crippen LogP contribution in [0.3, 0.4) is 0 Å². The molecule has 1 aromatic rings. The molecule has 0 atom stereocenters. The average molecular weight is 220 g/mol. The molecule has 0 amide bonds. The van der Waals surface area contributed by atoms with E-state index in [0.717, 1.165) is 5.69 Å². The quantitative estimate of drug-likeness (QED) is 0.736. The van der Waals surface area contributed by atoms with Crippen LogP contribution in [0.25, 0.3) is 0 Å². The smallest absolute Gasteiger partial charge is 0.107 e. The highest BCUT2D eigenvalue weighted by molar-refractivity contribution is 6.30. The van der Waals surface area contributed by atoms with Crippen molar-refractivity contribution in [3.8, 4) is 0 Å². The Kier molecular flexibility index (Phi) is 4.66. The maximum atomic E-state index is 12.1. The Hall–Kier alpha value is -0.830. The fourth-order valence-corrected chi connectivity index (χ4v) is 1.35. The maximum Gasteiger partial charge on any atom is 0.107 e. The third-order valence-electron chi connectivity index (χ3n) is 1.90. The molecular formula is C10H12ClF2N. The molecule has 1 rings (SSSR count). The lowest BCUT2D eigenvalue weighted by atomic mass is 10.3. The predicted molar refractivity (Wildman–Crippen MR) is 55.6 cm³/mol. The fraction of sp³-hybridized carbons (Fsp3) is 0.400. The van der Waals surface area contributed by atoms with Gasteiger partial charge in [0.15, 0.2) is 0 Å². The van der Waals surface area contributed by atoms with Gasteiger partial charge in [0, 0.05) is 23.8 Å². The van der Waals surface area contributed by atoms with Gasteiger partial charge in [-0.15, -0.1) is 0 Å². The Balaban J connectivity index is 2.71. The number of rotatable bonds is 5. The van der Waals surface area contributed by atoms with Crippen molar-refractivity contribution in [3.05, 3.63) is 29.3 Å². The summed E-state index contributed by atoms with van der Waals surface area (Å²) in [6, 6.07) is 6.93. The van der Waals surface area contributed by atoms with Crippen LogP contribution in [0.1, 0.15) is 0 Å². The first kappa shape index (κ1) is 11.2. The molecule has 0 fully saturated rings. The number of alkyl halides is 2. The zero-order valence-electron chi connectivity index (χ0n) is 7.72. The predicted octanol–water partition coefficient (Wildman–Crippen LogP) is 3.09. The topological polar surface area (TPSA) is 3.24 Å². The molecule has 0 aliphatic rings. The molecule has 0 spiro atoms. The molecular weight excluding hydrogens is 208 g/mol. The van der Waals surface area contributed by atoms with Crippen LogP contribution in [0.4, 0.5) is 14.5 Å². The van der Waals surface area contributed by atoms with E-state index in [1.165, 1.54) is 0 Å². The number of anilines is 1. The van der Waals surface area contributed by atoms with Gasteiger partial charge in [-0.05, 0) is 24.3 Å². The first-order chi connectivity index (χ1) is 6.77. The van der Waals surface area contributed by atoms with E-state index >= 15 is 0 Å². The second kappa shape index (κ2) is 5.81. The second-order valence-corrected chi connectivity index (χ2v) is 3.28. The van der Waals surface area contributed by atoms with Crippen LogP contribution in [0.15, 0.2) is 24.3 Å². The van der Waals surface area contributed by atoms with Gasteiger partial charge in [-0.2, -0.15) is 0 Å².